The minimum Gasteiger partial charge on any atom is -0.378 e. The number of rotatable bonds is 13. The number of imidazole rings is 2. The van der Waals surface area contributed by atoms with E-state index in [0.29, 0.717) is 39.4 Å². The molecule has 3 saturated heterocycles. The van der Waals surface area contributed by atoms with Crippen LogP contribution in [0.4, 0.5) is 4.79 Å². The molecule has 4 N–H and O–H groups in total. The molecule has 3 fully saturated rings. The first-order valence-electron chi connectivity index (χ1n) is 21.8. The third kappa shape index (κ3) is 10.8. The first-order valence-corrected chi connectivity index (χ1v) is 21.8. The van der Waals surface area contributed by atoms with Gasteiger partial charge in [0.25, 0.3) is 0 Å². The average molecular weight is 822 g/mol. The van der Waals surface area contributed by atoms with Gasteiger partial charge in [-0.25, -0.2) is 14.8 Å². The molecular weight excluding hydrogens is 767 g/mol. The predicted molar refractivity (Wildman–Crippen MR) is 234 cm³/mol. The molecule has 0 bridgehead atoms. The number of carbonyl (C=O) groups excluding carboxylic acids is 3. The van der Waals surface area contributed by atoms with Gasteiger partial charge in [0, 0.05) is 43.7 Å². The fourth-order valence-electron chi connectivity index (χ4n) is 8.45. The summed E-state index contributed by atoms with van der Waals surface area (Å²) in [6, 6.07) is 25.7. The van der Waals surface area contributed by atoms with Gasteiger partial charge in [0.05, 0.1) is 49.6 Å². The summed E-state index contributed by atoms with van der Waals surface area (Å²) < 4.78 is 5.31. The van der Waals surface area contributed by atoms with E-state index < -0.39 is 0 Å². The minimum absolute atomic E-state index is 0.0426. The normalized spacial score (nSPS) is 17.3. The van der Waals surface area contributed by atoms with E-state index in [4.69, 9.17) is 4.74 Å². The van der Waals surface area contributed by atoms with Crippen LogP contribution in [0.15, 0.2) is 91.3 Å². The summed E-state index contributed by atoms with van der Waals surface area (Å²) in [5.74, 6) is 8.22. The number of urea groups is 1. The lowest BCUT2D eigenvalue weighted by Crippen LogP contribution is -2.49. The molecule has 0 spiro atoms. The Morgan fingerprint density at radius 2 is 1.41 bits per heavy atom. The SMILES string of the molecule is O=C(NCCCCc1ncc(-c2ccc(C#Cc3ccc(-c4cnc(C5CCCN5C(=O)CNC(=O)N5CCOCC5)[nH]4)cc3)cc2)[nH]1)C(c1ccccc1)N1CCCCC1. The maximum absolute atomic E-state index is 13.3. The highest BCUT2D eigenvalue weighted by atomic mass is 16.5. The fraction of sp³-hybridized carbons (Fsp3) is 0.396. The summed E-state index contributed by atoms with van der Waals surface area (Å²) >= 11 is 0. The number of unbranched alkanes of at least 4 members (excludes halogenated alkanes) is 1. The second-order valence-corrected chi connectivity index (χ2v) is 16.0. The average Bonchev–Trinajstić information content (AvgIpc) is 4.11. The quantitative estimate of drug-likeness (QED) is 0.0812. The van der Waals surface area contributed by atoms with Gasteiger partial charge in [-0.3, -0.25) is 14.5 Å². The topological polar surface area (TPSA) is 152 Å². The second-order valence-electron chi connectivity index (χ2n) is 16.0. The van der Waals surface area contributed by atoms with Crippen molar-refractivity contribution in [3.8, 4) is 34.4 Å². The van der Waals surface area contributed by atoms with Gasteiger partial charge in [0.2, 0.25) is 11.8 Å². The van der Waals surface area contributed by atoms with Crippen LogP contribution in [0.2, 0.25) is 0 Å². The highest BCUT2D eigenvalue weighted by Crippen LogP contribution is 2.32. The molecule has 3 aliphatic heterocycles. The van der Waals surface area contributed by atoms with Crippen LogP contribution in [0.3, 0.4) is 0 Å². The number of morpholine rings is 1. The van der Waals surface area contributed by atoms with Crippen LogP contribution in [0, 0.1) is 11.8 Å². The molecule has 13 nitrogen and oxygen atoms in total. The number of ether oxygens (including phenoxy) is 1. The minimum atomic E-state index is -0.234. The molecule has 2 unspecified atom stereocenters. The van der Waals surface area contributed by atoms with Crippen molar-refractivity contribution < 1.29 is 19.1 Å². The highest BCUT2D eigenvalue weighted by molar-refractivity contribution is 5.85. The molecule has 3 aromatic carbocycles. The van der Waals surface area contributed by atoms with Gasteiger partial charge < -0.3 is 35.1 Å². The van der Waals surface area contributed by atoms with Crippen molar-refractivity contribution in [1.29, 1.82) is 0 Å². The van der Waals surface area contributed by atoms with Crippen LogP contribution >= 0.6 is 0 Å². The number of amides is 4. The Bertz CT molecular complexity index is 2280. The van der Waals surface area contributed by atoms with Gasteiger partial charge in [-0.1, -0.05) is 72.9 Å². The lowest BCUT2D eigenvalue weighted by Gasteiger charge is -2.34. The van der Waals surface area contributed by atoms with Crippen LogP contribution in [-0.2, 0) is 20.7 Å². The van der Waals surface area contributed by atoms with Crippen molar-refractivity contribution in [2.45, 2.75) is 63.5 Å². The molecule has 316 valence electrons. The Morgan fingerprint density at radius 1 is 0.738 bits per heavy atom. The number of hydrogen-bond donors (Lipinski definition) is 4. The lowest BCUT2D eigenvalue weighted by molar-refractivity contribution is -0.131. The number of piperidine rings is 1. The molecule has 2 atom stereocenters. The van der Waals surface area contributed by atoms with Gasteiger partial charge in [0.15, 0.2) is 0 Å². The van der Waals surface area contributed by atoms with Crippen molar-refractivity contribution >= 4 is 17.8 Å². The second kappa shape index (κ2) is 20.4. The molecule has 5 aromatic rings. The van der Waals surface area contributed by atoms with E-state index >= 15 is 0 Å². The number of aromatic nitrogens is 4. The van der Waals surface area contributed by atoms with Gasteiger partial charge in [-0.05, 0) is 92.6 Å². The standard InChI is InChI=1S/C48H55N9O4/c58-44(34-52-48(60)56-28-30-61-31-29-56)57-27-9-12-42(57)46-51-33-41(54-46)38-22-18-36(19-23-38)15-14-35-16-20-37(21-17-35)40-32-50-43(53-40)13-5-6-24-49-47(59)45(39-10-3-1-4-11-39)55-25-7-2-8-26-55/h1,3-4,10-11,16-23,32-33,42,45H,2,5-9,12-13,24-31,34H2,(H,49,59)(H,50,53)(H,51,54)(H,52,60). The van der Waals surface area contributed by atoms with Gasteiger partial charge in [-0.2, -0.15) is 0 Å². The van der Waals surface area contributed by atoms with Crippen molar-refractivity contribution in [2.75, 3.05) is 59.0 Å². The number of aryl methyl sites for hydroxylation is 1. The third-order valence-corrected chi connectivity index (χ3v) is 11.8. The molecule has 0 saturated carbocycles. The molecule has 3 aliphatic rings. The summed E-state index contributed by atoms with van der Waals surface area (Å²) in [5, 5.41) is 5.98. The number of nitrogens with zero attached hydrogens (tertiary/aromatic N) is 5. The van der Waals surface area contributed by atoms with Crippen LogP contribution in [0.5, 0.6) is 0 Å². The van der Waals surface area contributed by atoms with Crippen molar-refractivity contribution in [2.24, 2.45) is 0 Å². The molecule has 61 heavy (non-hydrogen) atoms. The molecular formula is C48H55N9O4. The summed E-state index contributed by atoms with van der Waals surface area (Å²) in [6.07, 6.45) is 11.5. The van der Waals surface area contributed by atoms with E-state index in [2.05, 4.69) is 71.6 Å². The van der Waals surface area contributed by atoms with Gasteiger partial charge >= 0.3 is 6.03 Å². The maximum Gasteiger partial charge on any atom is 0.317 e. The van der Waals surface area contributed by atoms with E-state index in [-0.39, 0.29) is 36.5 Å². The molecule has 4 amide bonds. The summed E-state index contributed by atoms with van der Waals surface area (Å²) in [5.41, 5.74) is 6.74. The Morgan fingerprint density at radius 3 is 2.11 bits per heavy atom. The van der Waals surface area contributed by atoms with E-state index in [0.717, 1.165) is 109 Å². The molecule has 13 heteroatoms. The Hall–Kier alpha value is -6.23. The van der Waals surface area contributed by atoms with Crippen LogP contribution in [0.1, 0.15) is 85.4 Å². The van der Waals surface area contributed by atoms with Gasteiger partial charge in [0.1, 0.15) is 17.7 Å². The number of nitrogens with one attached hydrogen (secondary N) is 4. The summed E-state index contributed by atoms with van der Waals surface area (Å²) in [4.78, 5) is 60.9. The number of likely N-dealkylation sites (tertiary alicyclic amines) is 2. The van der Waals surface area contributed by atoms with Crippen LogP contribution in [0.25, 0.3) is 22.5 Å². The zero-order valence-electron chi connectivity index (χ0n) is 34.7. The van der Waals surface area contributed by atoms with Crippen molar-refractivity contribution in [3.63, 3.8) is 0 Å². The monoisotopic (exact) mass is 821 g/mol. The number of H-pyrrole nitrogens is 2. The number of aromatic amines is 2. The van der Waals surface area contributed by atoms with E-state index in [1.807, 2.05) is 71.9 Å². The van der Waals surface area contributed by atoms with E-state index in [1.165, 1.54) is 6.42 Å². The summed E-state index contributed by atoms with van der Waals surface area (Å²) in [7, 11) is 0. The Balaban J connectivity index is 0.784. The summed E-state index contributed by atoms with van der Waals surface area (Å²) in [6.45, 7) is 5.25. The van der Waals surface area contributed by atoms with Crippen LogP contribution < -0.4 is 10.6 Å². The zero-order valence-corrected chi connectivity index (χ0v) is 34.7. The largest absolute Gasteiger partial charge is 0.378 e. The molecule has 8 rings (SSSR count). The molecule has 5 heterocycles. The third-order valence-electron chi connectivity index (χ3n) is 11.8. The van der Waals surface area contributed by atoms with E-state index in [1.54, 1.807) is 4.90 Å². The van der Waals surface area contributed by atoms with E-state index in [9.17, 15) is 14.4 Å². The first-order chi connectivity index (χ1) is 30.0. The predicted octanol–water partition coefficient (Wildman–Crippen LogP) is 6.24. The van der Waals surface area contributed by atoms with Crippen molar-refractivity contribution in [3.05, 3.63) is 120 Å². The smallest absolute Gasteiger partial charge is 0.317 e. The van der Waals surface area contributed by atoms with Gasteiger partial charge in [-0.15, -0.1) is 0 Å². The Labute approximate surface area is 357 Å². The number of carbonyl (C=O) groups is 3. The van der Waals surface area contributed by atoms with Crippen molar-refractivity contribution in [1.82, 2.24) is 45.3 Å². The molecule has 0 radical (unpaired) electrons. The zero-order chi connectivity index (χ0) is 41.8. The first kappa shape index (κ1) is 41.5. The highest BCUT2D eigenvalue weighted by Gasteiger charge is 2.32. The Kier molecular flexibility index (Phi) is 13.8. The molecule has 0 aliphatic carbocycles. The number of hydrogen-bond acceptors (Lipinski definition) is 7. The van der Waals surface area contributed by atoms with Crippen LogP contribution in [-0.4, -0.2) is 112 Å². The lowest BCUT2D eigenvalue weighted by atomic mass is 10.0. The molecule has 2 aromatic heterocycles. The fourth-order valence-corrected chi connectivity index (χ4v) is 8.45. The number of benzene rings is 3. The maximum atomic E-state index is 13.3.